The van der Waals surface area contributed by atoms with E-state index in [-0.39, 0.29) is 24.2 Å². The number of rotatable bonds is 8. The molecule has 0 aliphatic carbocycles. The van der Waals surface area contributed by atoms with Crippen LogP contribution in [0.3, 0.4) is 0 Å². The van der Waals surface area contributed by atoms with Crippen molar-refractivity contribution in [3.05, 3.63) is 87.4 Å². The van der Waals surface area contributed by atoms with Crippen LogP contribution in [0.5, 0.6) is 0 Å². The third kappa shape index (κ3) is 7.76. The predicted molar refractivity (Wildman–Crippen MR) is 226 cm³/mol. The summed E-state index contributed by atoms with van der Waals surface area (Å²) in [6, 6.07) is 19.5. The third-order valence-corrected chi connectivity index (χ3v) is 14.0. The molecule has 0 radical (unpaired) electrons. The highest BCUT2D eigenvalue weighted by Gasteiger charge is 2.45. The normalized spacial score (nSPS) is 22.2. The average Bonchev–Trinajstić information content (AvgIpc) is 3.53. The van der Waals surface area contributed by atoms with Gasteiger partial charge in [-0.15, -0.1) is 0 Å². The van der Waals surface area contributed by atoms with Crippen molar-refractivity contribution in [3.8, 4) is 6.07 Å². The Balaban J connectivity index is 0.792. The van der Waals surface area contributed by atoms with Crippen molar-refractivity contribution in [2.45, 2.75) is 71.0 Å². The van der Waals surface area contributed by atoms with Gasteiger partial charge < -0.3 is 19.6 Å². The van der Waals surface area contributed by atoms with Gasteiger partial charge in [-0.2, -0.15) is 5.26 Å². The second kappa shape index (κ2) is 16.3. The van der Waals surface area contributed by atoms with E-state index in [9.17, 15) is 29.2 Å². The van der Waals surface area contributed by atoms with Crippen molar-refractivity contribution in [2.75, 3.05) is 73.6 Å². The van der Waals surface area contributed by atoms with E-state index in [1.807, 2.05) is 55.1 Å². The van der Waals surface area contributed by atoms with Crippen LogP contribution < -0.4 is 20.0 Å². The fourth-order valence-corrected chi connectivity index (χ4v) is 10.1. The molecule has 308 valence electrons. The van der Waals surface area contributed by atoms with E-state index >= 15 is 0 Å². The lowest BCUT2D eigenvalue weighted by Gasteiger charge is -2.49. The molecule has 1 spiro atoms. The molecule has 0 bridgehead atoms. The molecule has 5 aliphatic heterocycles. The Bertz CT molecular complexity index is 2200. The Morgan fingerprint density at radius 3 is 2.27 bits per heavy atom. The topological polar surface area (TPSA) is 141 Å². The van der Waals surface area contributed by atoms with Gasteiger partial charge >= 0.3 is 0 Å². The Hall–Kier alpha value is -5.45. The summed E-state index contributed by atoms with van der Waals surface area (Å²) < 4.78 is 0. The largest absolute Gasteiger partial charge is 0.371 e. The van der Waals surface area contributed by atoms with Crippen molar-refractivity contribution in [3.63, 3.8) is 0 Å². The highest BCUT2D eigenvalue weighted by Crippen LogP contribution is 2.47. The number of carbonyl (C=O) groups is 5. The molecule has 5 saturated heterocycles. The van der Waals surface area contributed by atoms with E-state index in [4.69, 9.17) is 11.6 Å². The summed E-state index contributed by atoms with van der Waals surface area (Å²) in [6.45, 7) is 13.7. The second-order valence-electron chi connectivity index (χ2n) is 17.1. The predicted octanol–water partition coefficient (Wildman–Crippen LogP) is 4.76. The van der Waals surface area contributed by atoms with Crippen molar-refractivity contribution >= 4 is 58.7 Å². The summed E-state index contributed by atoms with van der Waals surface area (Å²) >= 11 is 6.54. The summed E-state index contributed by atoms with van der Waals surface area (Å²) in [5, 5.41) is 12.2. The maximum absolute atomic E-state index is 13.6. The summed E-state index contributed by atoms with van der Waals surface area (Å²) in [4.78, 5) is 75.1. The number of hydrogen-bond acceptors (Lipinski definition) is 10. The number of imide groups is 2. The molecule has 3 aromatic carbocycles. The highest BCUT2D eigenvalue weighted by atomic mass is 35.5. The van der Waals surface area contributed by atoms with Crippen LogP contribution in [-0.2, 0) is 14.4 Å². The van der Waals surface area contributed by atoms with Crippen LogP contribution in [0.2, 0.25) is 5.02 Å². The Morgan fingerprint density at radius 2 is 1.63 bits per heavy atom. The van der Waals surface area contributed by atoms with Crippen LogP contribution in [-0.4, -0.2) is 122 Å². The number of anilines is 3. The molecule has 5 fully saturated rings. The van der Waals surface area contributed by atoms with Crippen molar-refractivity contribution in [2.24, 2.45) is 5.41 Å². The monoisotopic (exact) mass is 818 g/mol. The number of amides is 5. The molecule has 0 saturated carbocycles. The first kappa shape index (κ1) is 40.3. The van der Waals surface area contributed by atoms with Crippen LogP contribution in [0.4, 0.5) is 17.1 Å². The molecule has 59 heavy (non-hydrogen) atoms. The quantitative estimate of drug-likeness (QED) is 0.250. The van der Waals surface area contributed by atoms with Gasteiger partial charge in [0.1, 0.15) is 12.1 Å². The van der Waals surface area contributed by atoms with Crippen molar-refractivity contribution in [1.29, 1.82) is 5.26 Å². The lowest BCUT2D eigenvalue weighted by atomic mass is 9.76. The molecule has 5 aliphatic rings. The summed E-state index contributed by atoms with van der Waals surface area (Å²) in [6.07, 6.45) is 3.88. The molecule has 2 unspecified atom stereocenters. The van der Waals surface area contributed by atoms with Gasteiger partial charge in [0.15, 0.2) is 0 Å². The van der Waals surface area contributed by atoms with Crippen LogP contribution >= 0.6 is 11.6 Å². The molecule has 1 N–H and O–H groups in total. The molecule has 8 rings (SSSR count). The maximum atomic E-state index is 13.6. The Morgan fingerprint density at radius 1 is 0.932 bits per heavy atom. The van der Waals surface area contributed by atoms with Gasteiger partial charge in [-0.05, 0) is 118 Å². The zero-order valence-electron chi connectivity index (χ0n) is 34.0. The summed E-state index contributed by atoms with van der Waals surface area (Å²) in [7, 11) is 0. The van der Waals surface area contributed by atoms with Crippen molar-refractivity contribution in [1.82, 2.24) is 20.0 Å². The number of aryl methyl sites for hydroxylation is 1. The second-order valence-corrected chi connectivity index (χ2v) is 17.4. The number of nitrogens with zero attached hydrogens (tertiary/aromatic N) is 7. The molecule has 14 heteroatoms. The SMILES string of the molecule is Cc1cc(N2CC(N3CCN(C(=O)c4ccc(N5CCC6(CC5)CC(C)N(c5ccc(C#N)c(Cl)c5C)C6)cc4)CC3)C2)ccc1C(=O)N(C=O)C1CCC(=O)NC1=O. The number of nitriles is 1. The van der Waals surface area contributed by atoms with E-state index in [0.29, 0.717) is 58.9 Å². The molecule has 2 atom stereocenters. The van der Waals surface area contributed by atoms with Gasteiger partial charge in [0, 0.05) is 106 Å². The molecule has 3 aromatic rings. The molecule has 5 amide bonds. The van der Waals surface area contributed by atoms with Gasteiger partial charge in [-0.3, -0.25) is 39.1 Å². The number of hydrogen-bond donors (Lipinski definition) is 1. The van der Waals surface area contributed by atoms with Crippen LogP contribution in [0, 0.1) is 30.6 Å². The first-order valence-corrected chi connectivity index (χ1v) is 21.1. The first-order valence-electron chi connectivity index (χ1n) is 20.7. The van der Waals surface area contributed by atoms with E-state index in [1.165, 1.54) is 0 Å². The maximum Gasteiger partial charge on any atom is 0.261 e. The lowest BCUT2D eigenvalue weighted by molar-refractivity contribution is -0.139. The van der Waals surface area contributed by atoms with Crippen LogP contribution in [0.25, 0.3) is 0 Å². The number of nitrogens with one attached hydrogen (secondary N) is 1. The zero-order chi connectivity index (χ0) is 41.6. The number of piperidine rings is 2. The smallest absolute Gasteiger partial charge is 0.261 e. The number of carbonyl (C=O) groups excluding carboxylic acids is 5. The summed E-state index contributed by atoms with van der Waals surface area (Å²) in [5.74, 6) is -1.54. The molecule has 0 aromatic heterocycles. The number of benzene rings is 3. The fraction of sp³-hybridized carbons (Fsp3) is 0.467. The van der Waals surface area contributed by atoms with Crippen molar-refractivity contribution < 1.29 is 24.0 Å². The van der Waals surface area contributed by atoms with Gasteiger partial charge in [0.2, 0.25) is 18.2 Å². The summed E-state index contributed by atoms with van der Waals surface area (Å²) in [5.41, 5.74) is 6.76. The fourth-order valence-electron chi connectivity index (χ4n) is 9.93. The molecule has 5 heterocycles. The van der Waals surface area contributed by atoms with Gasteiger partial charge in [0.05, 0.1) is 10.6 Å². The minimum atomic E-state index is -1.01. The lowest BCUT2D eigenvalue weighted by Crippen LogP contribution is -2.63. The minimum absolute atomic E-state index is 0.0677. The van der Waals surface area contributed by atoms with E-state index < -0.39 is 23.8 Å². The molecular weight excluding hydrogens is 768 g/mol. The first-order chi connectivity index (χ1) is 28.4. The average molecular weight is 819 g/mol. The standard InChI is InChI=1S/C45H51ClN8O5/c1-29-22-35(9-10-37(29)44(59)54(28-55)39-12-13-40(56)48-42(39)57)52-25-36(26-52)50-18-20-51(21-19-50)43(58)32-4-7-34(8-5-32)49-16-14-45(15-17-49)23-30(2)53(27-45)38-11-6-33(24-47)41(46)31(38)3/h4-11,22,28,30,36,39H,12-21,23,25-27H2,1-3H3,(H,48,56,57). The highest BCUT2D eigenvalue weighted by molar-refractivity contribution is 6.32. The van der Waals surface area contributed by atoms with Gasteiger partial charge in [-0.25, -0.2) is 0 Å². The van der Waals surface area contributed by atoms with E-state index in [1.54, 1.807) is 6.07 Å². The minimum Gasteiger partial charge on any atom is -0.371 e. The zero-order valence-corrected chi connectivity index (χ0v) is 34.7. The van der Waals surface area contributed by atoms with Crippen LogP contribution in [0.15, 0.2) is 54.6 Å². The number of halogens is 1. The van der Waals surface area contributed by atoms with Gasteiger partial charge in [-0.1, -0.05) is 11.6 Å². The molecule has 13 nitrogen and oxygen atoms in total. The number of piperazine rings is 1. The van der Waals surface area contributed by atoms with E-state index in [0.717, 1.165) is 92.6 Å². The Labute approximate surface area is 350 Å². The Kier molecular flexibility index (Phi) is 11.1. The third-order valence-electron chi connectivity index (χ3n) is 13.5. The van der Waals surface area contributed by atoms with Gasteiger partial charge in [0.25, 0.3) is 11.8 Å². The van der Waals surface area contributed by atoms with Crippen LogP contribution in [0.1, 0.15) is 76.4 Å². The van der Waals surface area contributed by atoms with E-state index in [2.05, 4.69) is 50.0 Å². The molecular formula is C45H51ClN8O5.